The summed E-state index contributed by atoms with van der Waals surface area (Å²) in [6.45, 7) is 4.23. The molecule has 5 nitrogen and oxygen atoms in total. The highest BCUT2D eigenvalue weighted by Crippen LogP contribution is 2.37. The van der Waals surface area contributed by atoms with E-state index >= 15 is 0 Å². The van der Waals surface area contributed by atoms with E-state index in [1.54, 1.807) is 0 Å². The van der Waals surface area contributed by atoms with Gasteiger partial charge in [-0.2, -0.15) is 13.2 Å². The summed E-state index contributed by atoms with van der Waals surface area (Å²) in [6.07, 6.45) is -3.81. The summed E-state index contributed by atoms with van der Waals surface area (Å²) in [5, 5.41) is 8.06. The van der Waals surface area contributed by atoms with E-state index in [4.69, 9.17) is 4.74 Å². The Morgan fingerprint density at radius 2 is 1.96 bits per heavy atom. The van der Waals surface area contributed by atoms with Gasteiger partial charge in [0, 0.05) is 12.2 Å². The highest BCUT2D eigenvalue weighted by molar-refractivity contribution is 8.02. The van der Waals surface area contributed by atoms with Gasteiger partial charge in [0.25, 0.3) is 5.19 Å². The first-order valence-corrected chi connectivity index (χ1v) is 9.59. The smallest absolute Gasteiger partial charge is 0.416 e. The molecule has 26 heavy (non-hydrogen) atoms. The Balaban J connectivity index is 1.65. The van der Waals surface area contributed by atoms with Gasteiger partial charge in [-0.05, 0) is 55.9 Å². The van der Waals surface area contributed by atoms with E-state index in [1.807, 2.05) is 13.8 Å². The quantitative estimate of drug-likeness (QED) is 0.747. The molecular weight excluding hydrogens is 387 g/mol. The molecule has 10 heteroatoms. The zero-order valence-corrected chi connectivity index (χ0v) is 15.6. The van der Waals surface area contributed by atoms with Gasteiger partial charge in [0.1, 0.15) is 0 Å². The summed E-state index contributed by atoms with van der Waals surface area (Å²) in [5.41, 5.74) is -0.266. The van der Waals surface area contributed by atoms with Crippen LogP contribution in [0.2, 0.25) is 0 Å². The molecule has 1 fully saturated rings. The molecule has 1 amide bonds. The predicted molar refractivity (Wildman–Crippen MR) is 93.7 cm³/mol. The van der Waals surface area contributed by atoms with E-state index in [0.29, 0.717) is 28.2 Å². The standard InChI is InChI=1S/C16H16F3N3O2S2/c1-9(2)24-14-20-21-15(26-14)25-12-7-8-22(13(12)23)11-5-3-10(4-6-11)16(17,18)19/h3-6,9,12H,7-8H2,1-2H3/t12-/m0/s1. The molecule has 3 rings (SSSR count). The van der Waals surface area contributed by atoms with Gasteiger partial charge in [0.15, 0.2) is 4.34 Å². The van der Waals surface area contributed by atoms with Crippen molar-refractivity contribution in [3.05, 3.63) is 29.8 Å². The number of amides is 1. The van der Waals surface area contributed by atoms with Crippen LogP contribution in [0.3, 0.4) is 0 Å². The van der Waals surface area contributed by atoms with Crippen molar-refractivity contribution < 1.29 is 22.7 Å². The van der Waals surface area contributed by atoms with Gasteiger partial charge in [-0.1, -0.05) is 16.9 Å². The number of benzene rings is 1. The molecule has 0 N–H and O–H groups in total. The molecule has 0 spiro atoms. The second-order valence-electron chi connectivity index (χ2n) is 5.93. The number of carbonyl (C=O) groups excluding carboxylic acids is 1. The molecule has 140 valence electrons. The average molecular weight is 403 g/mol. The lowest BCUT2D eigenvalue weighted by atomic mass is 10.2. The summed E-state index contributed by atoms with van der Waals surface area (Å²) >= 11 is 2.58. The van der Waals surface area contributed by atoms with Crippen LogP contribution < -0.4 is 9.64 Å². The van der Waals surface area contributed by atoms with Gasteiger partial charge < -0.3 is 9.64 Å². The molecule has 1 aliphatic rings. The molecule has 1 aliphatic heterocycles. The summed E-state index contributed by atoms with van der Waals surface area (Å²) in [4.78, 5) is 14.1. The zero-order chi connectivity index (χ0) is 18.9. The topological polar surface area (TPSA) is 55.3 Å². The Morgan fingerprint density at radius 1 is 1.27 bits per heavy atom. The minimum atomic E-state index is -4.39. The summed E-state index contributed by atoms with van der Waals surface area (Å²) in [7, 11) is 0. The van der Waals surface area contributed by atoms with Crippen molar-refractivity contribution >= 4 is 34.7 Å². The van der Waals surface area contributed by atoms with Gasteiger partial charge in [-0.3, -0.25) is 4.79 Å². The number of hydrogen-bond donors (Lipinski definition) is 0. The number of halogens is 3. The first kappa shape index (κ1) is 19.0. The third kappa shape index (κ3) is 4.29. The molecule has 1 aromatic heterocycles. The van der Waals surface area contributed by atoms with Crippen LogP contribution in [-0.2, 0) is 11.0 Å². The molecule has 0 unspecified atom stereocenters. The SMILES string of the molecule is CC(C)Oc1nnc(S[C@H]2CCN(c3ccc(C(F)(F)F)cc3)C2=O)s1. The third-order valence-corrected chi connectivity index (χ3v) is 5.78. The van der Waals surface area contributed by atoms with Crippen molar-refractivity contribution in [1.29, 1.82) is 0 Å². The summed E-state index contributed by atoms with van der Waals surface area (Å²) in [6, 6.07) is 4.63. The van der Waals surface area contributed by atoms with Gasteiger partial charge in [0.2, 0.25) is 5.91 Å². The molecule has 0 saturated carbocycles. The zero-order valence-electron chi connectivity index (χ0n) is 14.0. The Hall–Kier alpha value is -1.81. The lowest BCUT2D eigenvalue weighted by Crippen LogP contribution is -2.28. The van der Waals surface area contributed by atoms with Gasteiger partial charge in [-0.15, -0.1) is 5.10 Å². The Kier molecular flexibility index (Phi) is 5.42. The number of thioether (sulfide) groups is 1. The van der Waals surface area contributed by atoms with Gasteiger partial charge in [0.05, 0.1) is 16.9 Å². The fourth-order valence-corrected chi connectivity index (χ4v) is 4.56. The fourth-order valence-electron chi connectivity index (χ4n) is 2.47. The van der Waals surface area contributed by atoms with Crippen molar-refractivity contribution in [2.45, 2.75) is 42.1 Å². The first-order valence-electron chi connectivity index (χ1n) is 7.89. The fraction of sp³-hybridized carbons (Fsp3) is 0.438. The molecule has 0 aliphatic carbocycles. The lowest BCUT2D eigenvalue weighted by molar-refractivity contribution is -0.137. The van der Waals surface area contributed by atoms with Crippen LogP contribution in [-0.4, -0.2) is 34.0 Å². The first-order chi connectivity index (χ1) is 12.2. The number of alkyl halides is 3. The second kappa shape index (κ2) is 7.43. The van der Waals surface area contributed by atoms with Gasteiger partial charge in [-0.25, -0.2) is 0 Å². The maximum atomic E-state index is 12.7. The Bertz CT molecular complexity index is 778. The minimum absolute atomic E-state index is 0.0101. The van der Waals surface area contributed by atoms with Crippen LogP contribution in [0.5, 0.6) is 5.19 Å². The molecule has 1 atom stereocenters. The van der Waals surface area contributed by atoms with Crippen LogP contribution in [0.25, 0.3) is 0 Å². The molecule has 2 heterocycles. The number of anilines is 1. The number of aromatic nitrogens is 2. The van der Waals surface area contributed by atoms with E-state index in [2.05, 4.69) is 10.2 Å². The lowest BCUT2D eigenvalue weighted by Gasteiger charge is -2.17. The monoisotopic (exact) mass is 403 g/mol. The number of nitrogens with zero attached hydrogens (tertiary/aromatic N) is 3. The summed E-state index contributed by atoms with van der Waals surface area (Å²) < 4.78 is 44.1. The molecule has 2 aromatic rings. The number of carbonyl (C=O) groups is 1. The third-order valence-electron chi connectivity index (χ3n) is 3.63. The summed E-state index contributed by atoms with van der Waals surface area (Å²) in [5.74, 6) is -0.142. The van der Waals surface area contributed by atoms with Crippen LogP contribution >= 0.6 is 23.1 Å². The molecule has 0 radical (unpaired) electrons. The van der Waals surface area contributed by atoms with Crippen molar-refractivity contribution in [3.8, 4) is 5.19 Å². The van der Waals surface area contributed by atoms with E-state index in [1.165, 1.54) is 40.1 Å². The van der Waals surface area contributed by atoms with E-state index in [9.17, 15) is 18.0 Å². The van der Waals surface area contributed by atoms with Crippen LogP contribution in [0.15, 0.2) is 28.6 Å². The maximum absolute atomic E-state index is 12.7. The Labute approximate surface area is 156 Å². The normalized spacial score (nSPS) is 18.0. The van der Waals surface area contributed by atoms with Crippen molar-refractivity contribution in [3.63, 3.8) is 0 Å². The van der Waals surface area contributed by atoms with Gasteiger partial charge >= 0.3 is 6.18 Å². The highest BCUT2D eigenvalue weighted by atomic mass is 32.2. The average Bonchev–Trinajstić information content (AvgIpc) is 3.14. The minimum Gasteiger partial charge on any atom is -0.466 e. The second-order valence-corrected chi connectivity index (χ2v) is 8.32. The molecule has 0 bridgehead atoms. The highest BCUT2D eigenvalue weighted by Gasteiger charge is 2.35. The van der Waals surface area contributed by atoms with Crippen molar-refractivity contribution in [2.24, 2.45) is 0 Å². The van der Waals surface area contributed by atoms with Crippen molar-refractivity contribution in [1.82, 2.24) is 10.2 Å². The van der Waals surface area contributed by atoms with Crippen LogP contribution in [0, 0.1) is 0 Å². The predicted octanol–water partition coefficient (Wildman–Crippen LogP) is 4.24. The number of hydrogen-bond acceptors (Lipinski definition) is 6. The molecule has 1 saturated heterocycles. The largest absolute Gasteiger partial charge is 0.466 e. The maximum Gasteiger partial charge on any atom is 0.416 e. The molecule has 1 aromatic carbocycles. The van der Waals surface area contributed by atoms with E-state index in [-0.39, 0.29) is 17.3 Å². The van der Waals surface area contributed by atoms with Crippen LogP contribution in [0.1, 0.15) is 25.8 Å². The number of rotatable bonds is 5. The number of ether oxygens (including phenoxy) is 1. The Morgan fingerprint density at radius 3 is 2.58 bits per heavy atom. The molecular formula is C16H16F3N3O2S2. The van der Waals surface area contributed by atoms with Crippen molar-refractivity contribution in [2.75, 3.05) is 11.4 Å². The van der Waals surface area contributed by atoms with E-state index in [0.717, 1.165) is 12.1 Å². The van der Waals surface area contributed by atoms with Crippen LogP contribution in [0.4, 0.5) is 18.9 Å². The van der Waals surface area contributed by atoms with E-state index < -0.39 is 11.7 Å².